The maximum atomic E-state index is 12.9. The van der Waals surface area contributed by atoms with E-state index in [-0.39, 0.29) is 5.91 Å². The molecule has 0 aliphatic heterocycles. The van der Waals surface area contributed by atoms with Crippen LogP contribution in [0.25, 0.3) is 10.8 Å². The minimum Gasteiger partial charge on any atom is -0.308 e. The van der Waals surface area contributed by atoms with Crippen molar-refractivity contribution in [3.63, 3.8) is 0 Å². The van der Waals surface area contributed by atoms with Gasteiger partial charge >= 0.3 is 0 Å². The van der Waals surface area contributed by atoms with Crippen LogP contribution in [0.15, 0.2) is 66.7 Å². The molecule has 0 bridgehead atoms. The molecule has 3 rings (SSSR count). The van der Waals surface area contributed by atoms with Crippen LogP contribution in [0.2, 0.25) is 0 Å². The van der Waals surface area contributed by atoms with Crippen LogP contribution < -0.4 is 4.90 Å². The second kappa shape index (κ2) is 6.33. The Labute approximate surface area is 135 Å². The molecule has 0 saturated carbocycles. The van der Waals surface area contributed by atoms with Gasteiger partial charge in [-0.15, -0.1) is 0 Å². The first-order valence-electron chi connectivity index (χ1n) is 7.54. The molecule has 0 radical (unpaired) electrons. The molecule has 3 heteroatoms. The largest absolute Gasteiger partial charge is 0.308 e. The summed E-state index contributed by atoms with van der Waals surface area (Å²) in [6, 6.07) is 22.8. The summed E-state index contributed by atoms with van der Waals surface area (Å²) in [4.78, 5) is 14.6. The second-order valence-corrected chi connectivity index (χ2v) is 5.24. The van der Waals surface area contributed by atoms with Gasteiger partial charge in [0.05, 0.1) is 17.3 Å². The number of anilines is 1. The number of benzene rings is 3. The number of amides is 1. The number of nitrogens with zero attached hydrogens (tertiary/aromatic N) is 2. The first kappa shape index (κ1) is 14.8. The van der Waals surface area contributed by atoms with E-state index in [0.29, 0.717) is 17.7 Å². The zero-order valence-electron chi connectivity index (χ0n) is 12.9. The summed E-state index contributed by atoms with van der Waals surface area (Å²) >= 11 is 0. The van der Waals surface area contributed by atoms with Crippen molar-refractivity contribution in [1.82, 2.24) is 0 Å². The fourth-order valence-corrected chi connectivity index (χ4v) is 2.71. The molecule has 3 nitrogen and oxygen atoms in total. The Balaban J connectivity index is 2.04. The van der Waals surface area contributed by atoms with Crippen LogP contribution in [0.5, 0.6) is 0 Å². The number of carbonyl (C=O) groups excluding carboxylic acids is 1. The van der Waals surface area contributed by atoms with Crippen LogP contribution in [-0.4, -0.2) is 12.5 Å². The van der Waals surface area contributed by atoms with Gasteiger partial charge in [0.2, 0.25) is 0 Å². The highest BCUT2D eigenvalue weighted by Crippen LogP contribution is 2.27. The molecule has 23 heavy (non-hydrogen) atoms. The van der Waals surface area contributed by atoms with Crippen molar-refractivity contribution in [3.8, 4) is 6.07 Å². The third-order valence-corrected chi connectivity index (χ3v) is 3.88. The van der Waals surface area contributed by atoms with Crippen molar-refractivity contribution in [2.24, 2.45) is 0 Å². The molecule has 0 N–H and O–H groups in total. The Morgan fingerprint density at radius 3 is 2.39 bits per heavy atom. The summed E-state index contributed by atoms with van der Waals surface area (Å²) in [6.45, 7) is 2.54. The van der Waals surface area contributed by atoms with Crippen LogP contribution in [0.4, 0.5) is 5.69 Å². The topological polar surface area (TPSA) is 44.1 Å². The van der Waals surface area contributed by atoms with Gasteiger partial charge < -0.3 is 4.90 Å². The Morgan fingerprint density at radius 1 is 1.00 bits per heavy atom. The smallest absolute Gasteiger partial charge is 0.258 e. The Kier molecular flexibility index (Phi) is 4.07. The van der Waals surface area contributed by atoms with E-state index in [2.05, 4.69) is 6.07 Å². The van der Waals surface area contributed by atoms with Crippen LogP contribution >= 0.6 is 0 Å². The summed E-state index contributed by atoms with van der Waals surface area (Å²) in [5, 5.41) is 11.0. The molecule has 0 heterocycles. The quantitative estimate of drug-likeness (QED) is 0.720. The van der Waals surface area contributed by atoms with Gasteiger partial charge in [0.15, 0.2) is 0 Å². The van der Waals surface area contributed by atoms with Crippen LogP contribution in [0.1, 0.15) is 22.8 Å². The van der Waals surface area contributed by atoms with Crippen molar-refractivity contribution in [1.29, 1.82) is 5.26 Å². The standard InChI is InChI=1S/C20H16N2O/c1-2-22(20(23)17-12-10-15(14-21)11-13-17)19-9-5-7-16-6-3-4-8-18(16)19/h3-13H,2H2,1H3. The fraction of sp³-hybridized carbons (Fsp3) is 0.100. The highest BCUT2D eigenvalue weighted by Gasteiger charge is 2.17. The molecule has 3 aromatic carbocycles. The van der Waals surface area contributed by atoms with Gasteiger partial charge in [0.25, 0.3) is 5.91 Å². The number of hydrogen-bond donors (Lipinski definition) is 0. The predicted octanol–water partition coefficient (Wildman–Crippen LogP) is 4.38. The first-order valence-corrected chi connectivity index (χ1v) is 7.54. The minimum atomic E-state index is -0.0617. The van der Waals surface area contributed by atoms with Gasteiger partial charge in [-0.3, -0.25) is 4.79 Å². The zero-order chi connectivity index (χ0) is 16.2. The van der Waals surface area contributed by atoms with Crippen LogP contribution in [0, 0.1) is 11.3 Å². The fourth-order valence-electron chi connectivity index (χ4n) is 2.71. The zero-order valence-corrected chi connectivity index (χ0v) is 12.9. The third kappa shape index (κ3) is 2.79. The number of rotatable bonds is 3. The van der Waals surface area contributed by atoms with Gasteiger partial charge in [-0.1, -0.05) is 36.4 Å². The highest BCUT2D eigenvalue weighted by atomic mass is 16.2. The lowest BCUT2D eigenvalue weighted by molar-refractivity contribution is 0.0988. The van der Waals surface area contributed by atoms with Crippen molar-refractivity contribution in [3.05, 3.63) is 77.9 Å². The van der Waals surface area contributed by atoms with E-state index in [1.54, 1.807) is 29.2 Å². The summed E-state index contributed by atoms with van der Waals surface area (Å²) in [5.41, 5.74) is 2.04. The monoisotopic (exact) mass is 300 g/mol. The van der Waals surface area contributed by atoms with Gasteiger partial charge in [-0.2, -0.15) is 5.26 Å². The van der Waals surface area contributed by atoms with E-state index < -0.39 is 0 Å². The molecular formula is C20H16N2O. The van der Waals surface area contributed by atoms with Crippen molar-refractivity contribution in [2.45, 2.75) is 6.92 Å². The Hall–Kier alpha value is -3.12. The van der Waals surface area contributed by atoms with E-state index >= 15 is 0 Å². The highest BCUT2D eigenvalue weighted by molar-refractivity contribution is 6.10. The van der Waals surface area contributed by atoms with Crippen molar-refractivity contribution in [2.75, 3.05) is 11.4 Å². The second-order valence-electron chi connectivity index (χ2n) is 5.24. The Bertz CT molecular complexity index is 886. The Morgan fingerprint density at radius 2 is 1.70 bits per heavy atom. The lowest BCUT2D eigenvalue weighted by Gasteiger charge is -2.23. The molecule has 1 amide bonds. The van der Waals surface area contributed by atoms with Crippen molar-refractivity contribution >= 4 is 22.4 Å². The van der Waals surface area contributed by atoms with E-state index in [1.807, 2.05) is 49.4 Å². The molecule has 0 spiro atoms. The molecule has 0 atom stereocenters. The molecule has 0 aliphatic carbocycles. The third-order valence-electron chi connectivity index (χ3n) is 3.88. The molecule has 0 fully saturated rings. The lowest BCUT2D eigenvalue weighted by Crippen LogP contribution is -2.30. The average molecular weight is 300 g/mol. The maximum Gasteiger partial charge on any atom is 0.258 e. The molecule has 0 aliphatic rings. The summed E-state index contributed by atoms with van der Waals surface area (Å²) in [7, 11) is 0. The van der Waals surface area contributed by atoms with E-state index in [4.69, 9.17) is 5.26 Å². The number of carbonyl (C=O) groups is 1. The van der Waals surface area contributed by atoms with E-state index in [1.165, 1.54) is 0 Å². The predicted molar refractivity (Wildman–Crippen MR) is 92.5 cm³/mol. The maximum absolute atomic E-state index is 12.9. The molecular weight excluding hydrogens is 284 g/mol. The SMILES string of the molecule is CCN(C(=O)c1ccc(C#N)cc1)c1cccc2ccccc12. The first-order chi connectivity index (χ1) is 11.2. The van der Waals surface area contributed by atoms with E-state index in [0.717, 1.165) is 16.5 Å². The van der Waals surface area contributed by atoms with Gasteiger partial charge in [-0.25, -0.2) is 0 Å². The molecule has 112 valence electrons. The summed E-state index contributed by atoms with van der Waals surface area (Å²) in [6.07, 6.45) is 0. The summed E-state index contributed by atoms with van der Waals surface area (Å²) < 4.78 is 0. The molecule has 0 aromatic heterocycles. The van der Waals surface area contributed by atoms with Gasteiger partial charge in [0.1, 0.15) is 0 Å². The normalized spacial score (nSPS) is 10.3. The molecule has 0 saturated heterocycles. The summed E-state index contributed by atoms with van der Waals surface area (Å²) in [5.74, 6) is -0.0617. The molecule has 3 aromatic rings. The van der Waals surface area contributed by atoms with Crippen molar-refractivity contribution < 1.29 is 4.79 Å². The molecule has 0 unspecified atom stereocenters. The minimum absolute atomic E-state index is 0.0617. The average Bonchev–Trinajstić information content (AvgIpc) is 2.62. The van der Waals surface area contributed by atoms with Crippen LogP contribution in [-0.2, 0) is 0 Å². The van der Waals surface area contributed by atoms with Gasteiger partial charge in [0, 0.05) is 17.5 Å². The van der Waals surface area contributed by atoms with Gasteiger partial charge in [-0.05, 0) is 42.6 Å². The van der Waals surface area contributed by atoms with E-state index in [9.17, 15) is 4.79 Å². The van der Waals surface area contributed by atoms with Crippen LogP contribution in [0.3, 0.4) is 0 Å². The number of nitriles is 1. The number of fused-ring (bicyclic) bond motifs is 1. The lowest BCUT2D eigenvalue weighted by atomic mass is 10.1. The number of hydrogen-bond acceptors (Lipinski definition) is 2.